The van der Waals surface area contributed by atoms with Gasteiger partial charge in [-0.2, -0.15) is 0 Å². The lowest BCUT2D eigenvalue weighted by atomic mass is 9.74. The van der Waals surface area contributed by atoms with Gasteiger partial charge in [0.25, 0.3) is 0 Å². The Bertz CT molecular complexity index is 223. The Balaban J connectivity index is 2.01. The lowest BCUT2D eigenvalue weighted by molar-refractivity contribution is 0.0596. The summed E-state index contributed by atoms with van der Waals surface area (Å²) in [6.07, 6.45) is 7.24. The second-order valence-corrected chi connectivity index (χ2v) is 4.76. The van der Waals surface area contributed by atoms with E-state index in [-0.39, 0.29) is 11.6 Å². The average Bonchev–Trinajstić information content (AvgIpc) is 2.19. The summed E-state index contributed by atoms with van der Waals surface area (Å²) in [5.74, 6) is 0.657. The van der Waals surface area contributed by atoms with E-state index in [0.29, 0.717) is 12.5 Å². The van der Waals surface area contributed by atoms with Gasteiger partial charge in [-0.25, -0.2) is 4.79 Å². The second-order valence-electron chi connectivity index (χ2n) is 4.76. The number of carbonyl (C=O) groups excluding carboxylic acids is 1. The monoisotopic (exact) mass is 197 g/mol. The van der Waals surface area contributed by atoms with Crippen LogP contribution in [0.3, 0.4) is 0 Å². The number of alkyl carbamates (subject to hydrolysis) is 1. The summed E-state index contributed by atoms with van der Waals surface area (Å²) < 4.78 is 4.91. The predicted molar refractivity (Wildman–Crippen MR) is 54.1 cm³/mol. The van der Waals surface area contributed by atoms with Gasteiger partial charge in [0, 0.05) is 12.0 Å². The number of cyclic esters (lactones) is 1. The summed E-state index contributed by atoms with van der Waals surface area (Å²) >= 11 is 0. The molecule has 3 nitrogen and oxygen atoms in total. The van der Waals surface area contributed by atoms with Crippen molar-refractivity contribution in [3.8, 4) is 0 Å². The Kier molecular flexibility index (Phi) is 2.66. The molecule has 1 N–H and O–H groups in total. The molecule has 1 saturated carbocycles. The Morgan fingerprint density at radius 2 is 2.07 bits per heavy atom. The van der Waals surface area contributed by atoms with Crippen molar-refractivity contribution in [1.82, 2.24) is 5.32 Å². The van der Waals surface area contributed by atoms with Crippen molar-refractivity contribution in [1.29, 1.82) is 0 Å². The van der Waals surface area contributed by atoms with E-state index in [9.17, 15) is 4.79 Å². The molecular weight excluding hydrogens is 178 g/mol. The highest BCUT2D eigenvalue weighted by atomic mass is 16.6. The standard InChI is InChI=1S/C11H19NO2/c1-11(7-8-14-10(13)12-11)9-5-3-2-4-6-9/h9H,2-8H2,1H3,(H,12,13). The summed E-state index contributed by atoms with van der Waals surface area (Å²) in [4.78, 5) is 11.2. The highest BCUT2D eigenvalue weighted by Gasteiger charge is 2.38. The molecule has 2 aliphatic rings. The minimum Gasteiger partial charge on any atom is -0.449 e. The van der Waals surface area contributed by atoms with E-state index in [4.69, 9.17) is 4.74 Å². The summed E-state index contributed by atoms with van der Waals surface area (Å²) in [5.41, 5.74) is -0.00421. The summed E-state index contributed by atoms with van der Waals surface area (Å²) in [7, 11) is 0. The molecule has 1 aliphatic carbocycles. The summed E-state index contributed by atoms with van der Waals surface area (Å²) in [6, 6.07) is 0. The lowest BCUT2D eigenvalue weighted by Gasteiger charge is -2.42. The molecule has 0 aromatic rings. The van der Waals surface area contributed by atoms with Gasteiger partial charge >= 0.3 is 6.09 Å². The molecule has 0 radical (unpaired) electrons. The number of amides is 1. The number of ether oxygens (including phenoxy) is 1. The highest BCUT2D eigenvalue weighted by Crippen LogP contribution is 2.35. The smallest absolute Gasteiger partial charge is 0.407 e. The first kappa shape index (κ1) is 9.81. The molecule has 1 unspecified atom stereocenters. The van der Waals surface area contributed by atoms with Crippen LogP contribution in [0.15, 0.2) is 0 Å². The van der Waals surface area contributed by atoms with Crippen molar-refractivity contribution in [3.63, 3.8) is 0 Å². The van der Waals surface area contributed by atoms with Crippen molar-refractivity contribution in [2.45, 2.75) is 51.0 Å². The fourth-order valence-corrected chi connectivity index (χ4v) is 2.73. The van der Waals surface area contributed by atoms with Gasteiger partial charge in [0.1, 0.15) is 0 Å². The molecule has 14 heavy (non-hydrogen) atoms. The van der Waals surface area contributed by atoms with Crippen molar-refractivity contribution in [2.75, 3.05) is 6.61 Å². The zero-order chi connectivity index (χ0) is 10.0. The summed E-state index contributed by atoms with van der Waals surface area (Å²) in [6.45, 7) is 2.75. The zero-order valence-corrected chi connectivity index (χ0v) is 8.84. The van der Waals surface area contributed by atoms with E-state index in [1.165, 1.54) is 32.1 Å². The van der Waals surface area contributed by atoms with Crippen molar-refractivity contribution < 1.29 is 9.53 Å². The van der Waals surface area contributed by atoms with Gasteiger partial charge in [-0.15, -0.1) is 0 Å². The molecule has 2 rings (SSSR count). The number of hydrogen-bond acceptors (Lipinski definition) is 2. The van der Waals surface area contributed by atoms with Crippen LogP contribution in [-0.2, 0) is 4.74 Å². The van der Waals surface area contributed by atoms with E-state index < -0.39 is 0 Å². The Hall–Kier alpha value is -0.730. The van der Waals surface area contributed by atoms with Crippen LogP contribution in [0.25, 0.3) is 0 Å². The molecule has 0 aromatic heterocycles. The van der Waals surface area contributed by atoms with Crippen LogP contribution in [-0.4, -0.2) is 18.2 Å². The van der Waals surface area contributed by atoms with Crippen molar-refractivity contribution in [3.05, 3.63) is 0 Å². The van der Waals surface area contributed by atoms with E-state index in [0.717, 1.165) is 6.42 Å². The maximum atomic E-state index is 11.2. The van der Waals surface area contributed by atoms with E-state index in [2.05, 4.69) is 12.2 Å². The second kappa shape index (κ2) is 3.79. The Morgan fingerprint density at radius 3 is 2.71 bits per heavy atom. The molecule has 3 heteroatoms. The minimum absolute atomic E-state index is 0.00421. The third kappa shape index (κ3) is 1.86. The molecule has 1 heterocycles. The van der Waals surface area contributed by atoms with E-state index in [1.807, 2.05) is 0 Å². The van der Waals surface area contributed by atoms with Crippen LogP contribution in [0, 0.1) is 5.92 Å². The van der Waals surface area contributed by atoms with Gasteiger partial charge in [-0.3, -0.25) is 0 Å². The molecule has 0 aromatic carbocycles. The number of carbonyl (C=O) groups is 1. The van der Waals surface area contributed by atoms with Gasteiger partial charge in [0.2, 0.25) is 0 Å². The third-order valence-electron chi connectivity index (χ3n) is 3.75. The molecule has 1 saturated heterocycles. The minimum atomic E-state index is -0.232. The average molecular weight is 197 g/mol. The van der Waals surface area contributed by atoms with Crippen LogP contribution in [0.1, 0.15) is 45.4 Å². The van der Waals surface area contributed by atoms with Crippen LogP contribution in [0.5, 0.6) is 0 Å². The van der Waals surface area contributed by atoms with Crippen LogP contribution in [0.2, 0.25) is 0 Å². The molecule has 2 fully saturated rings. The number of rotatable bonds is 1. The van der Waals surface area contributed by atoms with E-state index in [1.54, 1.807) is 0 Å². The predicted octanol–water partition coefficient (Wildman–Crippen LogP) is 2.46. The van der Waals surface area contributed by atoms with Crippen molar-refractivity contribution >= 4 is 6.09 Å². The number of nitrogens with one attached hydrogen (secondary N) is 1. The number of hydrogen-bond donors (Lipinski definition) is 1. The summed E-state index contributed by atoms with van der Waals surface area (Å²) in [5, 5.41) is 3.00. The molecule has 80 valence electrons. The van der Waals surface area contributed by atoms with Crippen LogP contribution < -0.4 is 5.32 Å². The molecular formula is C11H19NO2. The zero-order valence-electron chi connectivity index (χ0n) is 8.84. The largest absolute Gasteiger partial charge is 0.449 e. The fourth-order valence-electron chi connectivity index (χ4n) is 2.73. The molecule has 1 aliphatic heterocycles. The molecule has 0 spiro atoms. The fraction of sp³-hybridized carbons (Fsp3) is 0.909. The molecule has 0 bridgehead atoms. The maximum absolute atomic E-state index is 11.2. The maximum Gasteiger partial charge on any atom is 0.407 e. The lowest BCUT2D eigenvalue weighted by Crippen LogP contribution is -2.56. The normalized spacial score (nSPS) is 34.8. The van der Waals surface area contributed by atoms with Crippen LogP contribution in [0.4, 0.5) is 4.79 Å². The van der Waals surface area contributed by atoms with Crippen molar-refractivity contribution in [2.24, 2.45) is 5.92 Å². The SMILES string of the molecule is CC1(C2CCCCC2)CCOC(=O)N1. The van der Waals surface area contributed by atoms with E-state index >= 15 is 0 Å². The van der Waals surface area contributed by atoms with Gasteiger partial charge in [-0.1, -0.05) is 19.3 Å². The van der Waals surface area contributed by atoms with Gasteiger partial charge < -0.3 is 10.1 Å². The third-order valence-corrected chi connectivity index (χ3v) is 3.75. The first-order valence-corrected chi connectivity index (χ1v) is 5.66. The Morgan fingerprint density at radius 1 is 1.36 bits per heavy atom. The van der Waals surface area contributed by atoms with Gasteiger partial charge in [-0.05, 0) is 25.7 Å². The van der Waals surface area contributed by atoms with Gasteiger partial charge in [0.15, 0.2) is 0 Å². The Labute approximate surface area is 85.2 Å². The molecule has 1 atom stereocenters. The quantitative estimate of drug-likeness (QED) is 0.701. The topological polar surface area (TPSA) is 38.3 Å². The molecule has 1 amide bonds. The van der Waals surface area contributed by atoms with Gasteiger partial charge in [0.05, 0.1) is 6.61 Å². The first-order valence-electron chi connectivity index (χ1n) is 5.66. The van der Waals surface area contributed by atoms with Crippen LogP contribution >= 0.6 is 0 Å². The first-order chi connectivity index (χ1) is 6.71. The highest BCUT2D eigenvalue weighted by molar-refractivity contribution is 5.69.